The van der Waals surface area contributed by atoms with E-state index in [0.717, 1.165) is 0 Å². The van der Waals surface area contributed by atoms with Gasteiger partial charge < -0.3 is 15.4 Å². The second-order valence-electron chi connectivity index (χ2n) is 7.38. The molecule has 0 unspecified atom stereocenters. The lowest BCUT2D eigenvalue weighted by molar-refractivity contribution is -0.119. The van der Waals surface area contributed by atoms with Crippen LogP contribution in [0.3, 0.4) is 0 Å². The van der Waals surface area contributed by atoms with Crippen molar-refractivity contribution in [3.05, 3.63) is 88.9 Å². The first-order valence-electron chi connectivity index (χ1n) is 10.2. The van der Waals surface area contributed by atoms with Crippen molar-refractivity contribution in [3.63, 3.8) is 0 Å². The van der Waals surface area contributed by atoms with Crippen LogP contribution in [-0.4, -0.2) is 49.7 Å². The Hall–Kier alpha value is -3.68. The van der Waals surface area contributed by atoms with Gasteiger partial charge in [0.1, 0.15) is 5.75 Å². The van der Waals surface area contributed by atoms with Crippen LogP contribution in [0.15, 0.2) is 72.8 Å². The molecule has 0 saturated heterocycles. The SMILES string of the molecule is COc1ccc(NC(=O)CN(C)CC(=O)Nc2ccc(Cl)cc2C(=O)c2ccccc2)cc1. The largest absolute Gasteiger partial charge is 0.497 e. The van der Waals surface area contributed by atoms with Gasteiger partial charge in [-0.3, -0.25) is 19.3 Å². The van der Waals surface area contributed by atoms with Gasteiger partial charge in [-0.15, -0.1) is 0 Å². The molecule has 7 nitrogen and oxygen atoms in total. The third-order valence-electron chi connectivity index (χ3n) is 4.74. The van der Waals surface area contributed by atoms with Crippen molar-refractivity contribution in [1.29, 1.82) is 0 Å². The second kappa shape index (κ2) is 11.3. The first-order chi connectivity index (χ1) is 15.9. The summed E-state index contributed by atoms with van der Waals surface area (Å²) in [4.78, 5) is 39.3. The Morgan fingerprint density at radius 1 is 0.879 bits per heavy atom. The standard InChI is InChI=1S/C25H24ClN3O4/c1-29(15-23(30)27-19-9-11-20(33-2)12-10-19)16-24(31)28-22-13-8-18(26)14-21(22)25(32)17-6-4-3-5-7-17/h3-14H,15-16H2,1-2H3,(H,27,30)(H,28,31). The Morgan fingerprint density at radius 2 is 1.52 bits per heavy atom. The zero-order chi connectivity index (χ0) is 23.8. The molecule has 0 radical (unpaired) electrons. The fraction of sp³-hybridized carbons (Fsp3) is 0.160. The molecule has 3 aromatic rings. The molecule has 0 bridgehead atoms. The van der Waals surface area contributed by atoms with E-state index >= 15 is 0 Å². The van der Waals surface area contributed by atoms with Gasteiger partial charge in [0.25, 0.3) is 0 Å². The zero-order valence-electron chi connectivity index (χ0n) is 18.3. The van der Waals surface area contributed by atoms with Gasteiger partial charge in [-0.25, -0.2) is 0 Å². The molecule has 0 aromatic heterocycles. The maximum absolute atomic E-state index is 12.9. The van der Waals surface area contributed by atoms with E-state index in [1.54, 1.807) is 79.7 Å². The summed E-state index contributed by atoms with van der Waals surface area (Å²) < 4.78 is 5.09. The molecule has 2 amide bonds. The maximum Gasteiger partial charge on any atom is 0.238 e. The lowest BCUT2D eigenvalue weighted by atomic mass is 10.0. The van der Waals surface area contributed by atoms with Gasteiger partial charge in [0, 0.05) is 21.8 Å². The van der Waals surface area contributed by atoms with Crippen LogP contribution < -0.4 is 15.4 Å². The molecule has 0 aliphatic carbocycles. The summed E-state index contributed by atoms with van der Waals surface area (Å²) in [5.41, 5.74) is 1.77. The number of ether oxygens (including phenoxy) is 1. The summed E-state index contributed by atoms with van der Waals surface area (Å²) in [6.07, 6.45) is 0. The van der Waals surface area contributed by atoms with Crippen molar-refractivity contribution in [2.75, 3.05) is 37.9 Å². The van der Waals surface area contributed by atoms with Gasteiger partial charge in [-0.05, 0) is 49.5 Å². The quantitative estimate of drug-likeness (QED) is 0.465. The number of anilines is 2. The average molecular weight is 466 g/mol. The van der Waals surface area contributed by atoms with Gasteiger partial charge in [0.15, 0.2) is 5.78 Å². The number of ketones is 1. The molecule has 2 N–H and O–H groups in total. The van der Waals surface area contributed by atoms with Crippen molar-refractivity contribution in [3.8, 4) is 5.75 Å². The zero-order valence-corrected chi connectivity index (χ0v) is 19.1. The highest BCUT2D eigenvalue weighted by molar-refractivity contribution is 6.31. The normalized spacial score (nSPS) is 10.5. The van der Waals surface area contributed by atoms with Crippen LogP contribution in [0.5, 0.6) is 5.75 Å². The molecular formula is C25H24ClN3O4. The minimum atomic E-state index is -0.362. The molecule has 0 heterocycles. The summed E-state index contributed by atoms with van der Waals surface area (Å²) in [6, 6.07) is 20.4. The minimum absolute atomic E-state index is 0.00979. The molecule has 0 atom stereocenters. The molecule has 3 rings (SSSR count). The van der Waals surface area contributed by atoms with E-state index in [9.17, 15) is 14.4 Å². The smallest absolute Gasteiger partial charge is 0.238 e. The first kappa shape index (κ1) is 24.0. The van der Waals surface area contributed by atoms with E-state index in [1.807, 2.05) is 6.07 Å². The van der Waals surface area contributed by atoms with E-state index in [4.69, 9.17) is 16.3 Å². The fourth-order valence-corrected chi connectivity index (χ4v) is 3.34. The van der Waals surface area contributed by atoms with Crippen LogP contribution in [0.4, 0.5) is 11.4 Å². The van der Waals surface area contributed by atoms with Crippen LogP contribution in [-0.2, 0) is 9.59 Å². The second-order valence-corrected chi connectivity index (χ2v) is 7.82. The fourth-order valence-electron chi connectivity index (χ4n) is 3.17. The number of methoxy groups -OCH3 is 1. The summed E-state index contributed by atoms with van der Waals surface area (Å²) in [5, 5.41) is 5.91. The Balaban J connectivity index is 1.59. The number of carbonyl (C=O) groups excluding carboxylic acids is 3. The highest BCUT2D eigenvalue weighted by atomic mass is 35.5. The number of hydrogen-bond acceptors (Lipinski definition) is 5. The van der Waals surface area contributed by atoms with Crippen molar-refractivity contribution >= 4 is 40.6 Å². The number of nitrogens with one attached hydrogen (secondary N) is 2. The molecular weight excluding hydrogens is 442 g/mol. The van der Waals surface area contributed by atoms with E-state index < -0.39 is 0 Å². The number of amides is 2. The van der Waals surface area contributed by atoms with Crippen molar-refractivity contribution in [2.24, 2.45) is 0 Å². The number of rotatable bonds is 9. The molecule has 0 aliphatic heterocycles. The van der Waals surface area contributed by atoms with Crippen molar-refractivity contribution < 1.29 is 19.1 Å². The monoisotopic (exact) mass is 465 g/mol. The molecule has 0 aliphatic rings. The Morgan fingerprint density at radius 3 is 2.15 bits per heavy atom. The topological polar surface area (TPSA) is 87.7 Å². The third-order valence-corrected chi connectivity index (χ3v) is 4.97. The van der Waals surface area contributed by atoms with Crippen LogP contribution in [0.1, 0.15) is 15.9 Å². The number of hydrogen-bond donors (Lipinski definition) is 2. The number of nitrogens with zero attached hydrogens (tertiary/aromatic N) is 1. The lowest BCUT2D eigenvalue weighted by Crippen LogP contribution is -2.36. The summed E-state index contributed by atoms with van der Waals surface area (Å²) in [7, 11) is 3.23. The Labute approximate surface area is 197 Å². The van der Waals surface area contributed by atoms with Gasteiger partial charge in [0.05, 0.1) is 25.9 Å². The van der Waals surface area contributed by atoms with Crippen molar-refractivity contribution in [2.45, 2.75) is 0 Å². The summed E-state index contributed by atoms with van der Waals surface area (Å²) in [6.45, 7) is -0.0342. The molecule has 3 aromatic carbocycles. The highest BCUT2D eigenvalue weighted by Crippen LogP contribution is 2.24. The molecule has 33 heavy (non-hydrogen) atoms. The minimum Gasteiger partial charge on any atom is -0.497 e. The Bertz CT molecular complexity index is 1130. The average Bonchev–Trinajstić information content (AvgIpc) is 2.80. The molecule has 0 saturated carbocycles. The predicted octanol–water partition coefficient (Wildman–Crippen LogP) is 4.09. The van der Waals surface area contributed by atoms with E-state index in [-0.39, 0.29) is 30.7 Å². The summed E-state index contributed by atoms with van der Waals surface area (Å²) in [5.74, 6) is -0.184. The molecule has 8 heteroatoms. The van der Waals surface area contributed by atoms with E-state index in [2.05, 4.69) is 10.6 Å². The van der Waals surface area contributed by atoms with Crippen LogP contribution in [0.2, 0.25) is 5.02 Å². The molecule has 170 valence electrons. The third kappa shape index (κ3) is 6.90. The molecule has 0 fully saturated rings. The lowest BCUT2D eigenvalue weighted by Gasteiger charge is -2.17. The van der Waals surface area contributed by atoms with Crippen LogP contribution in [0, 0.1) is 0 Å². The number of halogens is 1. The van der Waals surface area contributed by atoms with Gasteiger partial charge >= 0.3 is 0 Å². The number of benzene rings is 3. The van der Waals surface area contributed by atoms with E-state index in [0.29, 0.717) is 33.3 Å². The predicted molar refractivity (Wildman–Crippen MR) is 129 cm³/mol. The first-order valence-corrected chi connectivity index (χ1v) is 10.5. The molecule has 0 spiro atoms. The van der Waals surface area contributed by atoms with Gasteiger partial charge in [0.2, 0.25) is 11.8 Å². The highest BCUT2D eigenvalue weighted by Gasteiger charge is 2.17. The number of likely N-dealkylation sites (N-methyl/N-ethyl adjacent to an activating group) is 1. The Kier molecular flexibility index (Phi) is 8.18. The van der Waals surface area contributed by atoms with Gasteiger partial charge in [-0.2, -0.15) is 0 Å². The van der Waals surface area contributed by atoms with Crippen molar-refractivity contribution in [1.82, 2.24) is 4.90 Å². The van der Waals surface area contributed by atoms with Gasteiger partial charge in [-0.1, -0.05) is 41.9 Å². The maximum atomic E-state index is 12.9. The van der Waals surface area contributed by atoms with Crippen LogP contribution >= 0.6 is 11.6 Å². The van der Waals surface area contributed by atoms with Crippen LogP contribution in [0.25, 0.3) is 0 Å². The van der Waals surface area contributed by atoms with E-state index in [1.165, 1.54) is 6.07 Å². The summed E-state index contributed by atoms with van der Waals surface area (Å²) >= 11 is 6.09. The number of carbonyl (C=O) groups is 3.